The molecule has 0 fully saturated rings. The number of hydrogen-bond donors (Lipinski definition) is 1. The highest BCUT2D eigenvalue weighted by Gasteiger charge is 2.16. The van der Waals surface area contributed by atoms with Crippen LogP contribution in [0.5, 0.6) is 0 Å². The highest BCUT2D eigenvalue weighted by molar-refractivity contribution is 9.10. The lowest BCUT2D eigenvalue weighted by Gasteiger charge is -2.14. The second-order valence-electron chi connectivity index (χ2n) is 3.67. The van der Waals surface area contributed by atoms with Crippen LogP contribution in [-0.4, -0.2) is 0 Å². The molecule has 0 aromatic heterocycles. The van der Waals surface area contributed by atoms with E-state index in [0.29, 0.717) is 4.47 Å². The van der Waals surface area contributed by atoms with Gasteiger partial charge in [0.05, 0.1) is 6.04 Å². The first-order valence-electron chi connectivity index (χ1n) is 5.04. The van der Waals surface area contributed by atoms with Gasteiger partial charge in [0.15, 0.2) is 0 Å². The molecule has 2 N–H and O–H groups in total. The van der Waals surface area contributed by atoms with Gasteiger partial charge in [-0.1, -0.05) is 34.1 Å². The van der Waals surface area contributed by atoms with Crippen LogP contribution in [0.1, 0.15) is 17.2 Å². The maximum atomic E-state index is 13.6. The fourth-order valence-electron chi connectivity index (χ4n) is 1.65. The Hall–Kier alpha value is -1.26. The van der Waals surface area contributed by atoms with E-state index in [1.54, 1.807) is 30.3 Å². The predicted molar refractivity (Wildman–Crippen MR) is 66.5 cm³/mol. The molecule has 0 aliphatic heterocycles. The van der Waals surface area contributed by atoms with Gasteiger partial charge >= 0.3 is 0 Å². The van der Waals surface area contributed by atoms with Crippen molar-refractivity contribution in [3.63, 3.8) is 0 Å². The highest BCUT2D eigenvalue weighted by Crippen LogP contribution is 2.26. The monoisotopic (exact) mass is 297 g/mol. The minimum Gasteiger partial charge on any atom is -0.320 e. The summed E-state index contributed by atoms with van der Waals surface area (Å²) in [6, 6.07) is 9.75. The van der Waals surface area contributed by atoms with Crippen molar-refractivity contribution >= 4 is 15.9 Å². The molecule has 0 aliphatic carbocycles. The highest BCUT2D eigenvalue weighted by atomic mass is 79.9. The van der Waals surface area contributed by atoms with Gasteiger partial charge in [-0.25, -0.2) is 8.78 Å². The van der Waals surface area contributed by atoms with Crippen LogP contribution < -0.4 is 5.73 Å². The average Bonchev–Trinajstić information content (AvgIpc) is 2.32. The Labute approximate surface area is 106 Å². The number of hydrogen-bond acceptors (Lipinski definition) is 1. The molecule has 2 aromatic rings. The molecule has 0 aliphatic rings. The molecule has 2 rings (SSSR count). The Morgan fingerprint density at radius 2 is 1.59 bits per heavy atom. The van der Waals surface area contributed by atoms with Crippen LogP contribution in [0.3, 0.4) is 0 Å². The van der Waals surface area contributed by atoms with Crippen LogP contribution in [0.2, 0.25) is 0 Å². The molecule has 0 heterocycles. The van der Waals surface area contributed by atoms with Crippen LogP contribution in [0, 0.1) is 11.6 Å². The summed E-state index contributed by atoms with van der Waals surface area (Å²) in [6.45, 7) is 0. The molecule has 0 spiro atoms. The first-order chi connectivity index (χ1) is 8.09. The van der Waals surface area contributed by atoms with Gasteiger partial charge in [0.1, 0.15) is 11.6 Å². The van der Waals surface area contributed by atoms with Crippen LogP contribution in [-0.2, 0) is 0 Å². The van der Waals surface area contributed by atoms with Crippen molar-refractivity contribution in [2.75, 3.05) is 0 Å². The van der Waals surface area contributed by atoms with Gasteiger partial charge in [-0.2, -0.15) is 0 Å². The molecule has 1 nitrogen and oxygen atoms in total. The Morgan fingerprint density at radius 3 is 2.29 bits per heavy atom. The topological polar surface area (TPSA) is 26.0 Å². The van der Waals surface area contributed by atoms with E-state index in [0.717, 1.165) is 0 Å². The number of nitrogens with two attached hydrogens (primary N) is 1. The average molecular weight is 298 g/mol. The van der Waals surface area contributed by atoms with Crippen LogP contribution >= 0.6 is 15.9 Å². The first kappa shape index (κ1) is 12.2. The summed E-state index contributed by atoms with van der Waals surface area (Å²) < 4.78 is 27.9. The normalized spacial score (nSPS) is 12.5. The summed E-state index contributed by atoms with van der Waals surface area (Å²) in [5.74, 6) is -0.872. The van der Waals surface area contributed by atoms with Gasteiger partial charge in [-0.05, 0) is 24.3 Å². The molecular weight excluding hydrogens is 288 g/mol. The van der Waals surface area contributed by atoms with Crippen molar-refractivity contribution in [2.45, 2.75) is 6.04 Å². The zero-order chi connectivity index (χ0) is 12.4. The lowest BCUT2D eigenvalue weighted by atomic mass is 9.99. The zero-order valence-corrected chi connectivity index (χ0v) is 10.4. The van der Waals surface area contributed by atoms with Crippen LogP contribution in [0.4, 0.5) is 8.78 Å². The van der Waals surface area contributed by atoms with Crippen molar-refractivity contribution in [2.24, 2.45) is 5.73 Å². The second-order valence-corrected chi connectivity index (χ2v) is 4.58. The minimum atomic E-state index is -0.811. The van der Waals surface area contributed by atoms with Gasteiger partial charge in [0, 0.05) is 15.6 Å². The van der Waals surface area contributed by atoms with Gasteiger partial charge < -0.3 is 5.73 Å². The molecule has 0 amide bonds. The molecule has 0 radical (unpaired) electrons. The SMILES string of the molecule is NC(c1ccccc1F)c1cc(Br)ccc1F. The van der Waals surface area contributed by atoms with E-state index in [9.17, 15) is 8.78 Å². The number of halogens is 3. The maximum absolute atomic E-state index is 13.6. The van der Waals surface area contributed by atoms with Crippen molar-refractivity contribution < 1.29 is 8.78 Å². The molecule has 0 bridgehead atoms. The lowest BCUT2D eigenvalue weighted by molar-refractivity contribution is 0.575. The van der Waals surface area contributed by atoms with E-state index in [2.05, 4.69) is 15.9 Å². The molecule has 0 saturated carbocycles. The first-order valence-corrected chi connectivity index (χ1v) is 5.84. The molecular formula is C13H10BrF2N. The van der Waals surface area contributed by atoms with Crippen LogP contribution in [0.25, 0.3) is 0 Å². The van der Waals surface area contributed by atoms with E-state index in [1.807, 2.05) is 0 Å². The molecule has 88 valence electrons. The van der Waals surface area contributed by atoms with Crippen LogP contribution in [0.15, 0.2) is 46.9 Å². The van der Waals surface area contributed by atoms with Crippen molar-refractivity contribution in [3.8, 4) is 0 Å². The van der Waals surface area contributed by atoms with E-state index >= 15 is 0 Å². The fraction of sp³-hybridized carbons (Fsp3) is 0.0769. The van der Waals surface area contributed by atoms with Crippen molar-refractivity contribution in [3.05, 3.63) is 69.7 Å². The van der Waals surface area contributed by atoms with E-state index < -0.39 is 17.7 Å². The third-order valence-corrected chi connectivity index (χ3v) is 3.03. The molecule has 2 aromatic carbocycles. The standard InChI is InChI=1S/C13H10BrF2N/c14-8-5-6-12(16)10(7-8)13(17)9-3-1-2-4-11(9)15/h1-7,13H,17H2. The van der Waals surface area contributed by atoms with Crippen molar-refractivity contribution in [1.82, 2.24) is 0 Å². The van der Waals surface area contributed by atoms with Gasteiger partial charge in [-0.15, -0.1) is 0 Å². The third-order valence-electron chi connectivity index (χ3n) is 2.53. The van der Waals surface area contributed by atoms with Crippen molar-refractivity contribution in [1.29, 1.82) is 0 Å². The minimum absolute atomic E-state index is 0.268. The maximum Gasteiger partial charge on any atom is 0.128 e. The largest absolute Gasteiger partial charge is 0.320 e. The number of rotatable bonds is 2. The smallest absolute Gasteiger partial charge is 0.128 e. The fourth-order valence-corrected chi connectivity index (χ4v) is 2.03. The Balaban J connectivity index is 2.47. The predicted octanol–water partition coefficient (Wildman–Crippen LogP) is 3.78. The van der Waals surface area contributed by atoms with Gasteiger partial charge in [-0.3, -0.25) is 0 Å². The molecule has 4 heteroatoms. The third kappa shape index (κ3) is 2.53. The van der Waals surface area contributed by atoms with E-state index in [4.69, 9.17) is 5.73 Å². The van der Waals surface area contributed by atoms with E-state index in [-0.39, 0.29) is 11.1 Å². The molecule has 17 heavy (non-hydrogen) atoms. The molecule has 1 atom stereocenters. The van der Waals surface area contributed by atoms with E-state index in [1.165, 1.54) is 12.1 Å². The Morgan fingerprint density at radius 1 is 0.941 bits per heavy atom. The summed E-state index contributed by atoms with van der Waals surface area (Å²) in [4.78, 5) is 0. The molecule has 0 saturated heterocycles. The quantitative estimate of drug-likeness (QED) is 0.897. The molecule has 1 unspecified atom stereocenters. The Bertz CT molecular complexity index is 543. The Kier molecular flexibility index (Phi) is 3.54. The number of benzene rings is 2. The lowest BCUT2D eigenvalue weighted by Crippen LogP contribution is -2.15. The van der Waals surface area contributed by atoms with Gasteiger partial charge in [0.25, 0.3) is 0 Å². The summed E-state index contributed by atoms with van der Waals surface area (Å²) in [7, 11) is 0. The van der Waals surface area contributed by atoms with Gasteiger partial charge in [0.2, 0.25) is 0 Å². The summed E-state index contributed by atoms with van der Waals surface area (Å²) >= 11 is 3.24. The summed E-state index contributed by atoms with van der Waals surface area (Å²) in [5, 5.41) is 0. The zero-order valence-electron chi connectivity index (χ0n) is 8.83. The second kappa shape index (κ2) is 4.94. The summed E-state index contributed by atoms with van der Waals surface area (Å²) in [6.07, 6.45) is 0. The summed E-state index contributed by atoms with van der Waals surface area (Å²) in [5.41, 5.74) is 6.44.